The van der Waals surface area contributed by atoms with Crippen molar-refractivity contribution in [3.63, 3.8) is 0 Å². The lowest BCUT2D eigenvalue weighted by Crippen LogP contribution is -2.11. The zero-order valence-electron chi connectivity index (χ0n) is 12.8. The van der Waals surface area contributed by atoms with Gasteiger partial charge < -0.3 is 4.42 Å². The van der Waals surface area contributed by atoms with Crippen LogP contribution in [0.5, 0.6) is 0 Å². The van der Waals surface area contributed by atoms with Gasteiger partial charge in [0.1, 0.15) is 11.1 Å². The molecule has 0 unspecified atom stereocenters. The first kappa shape index (κ1) is 14.3. The predicted molar refractivity (Wildman–Crippen MR) is 87.4 cm³/mol. The lowest BCUT2D eigenvalue weighted by molar-refractivity contribution is 0.101. The first-order valence-corrected chi connectivity index (χ1v) is 7.12. The van der Waals surface area contributed by atoms with E-state index in [1.165, 1.54) is 12.5 Å². The summed E-state index contributed by atoms with van der Waals surface area (Å²) in [6.07, 6.45) is 0. The summed E-state index contributed by atoms with van der Waals surface area (Å²) in [5, 5.41) is 0.792. The zero-order valence-corrected chi connectivity index (χ0v) is 12.8. The van der Waals surface area contributed by atoms with Crippen LogP contribution in [0.1, 0.15) is 28.4 Å². The Bertz CT molecular complexity index is 931. The van der Waals surface area contributed by atoms with E-state index < -0.39 is 5.63 Å². The molecule has 3 rings (SSSR count). The lowest BCUT2D eigenvalue weighted by Gasteiger charge is -2.08. The minimum atomic E-state index is -0.583. The van der Waals surface area contributed by atoms with Gasteiger partial charge in [-0.15, -0.1) is 0 Å². The summed E-state index contributed by atoms with van der Waals surface area (Å²) in [6.45, 7) is 5.36. The number of hydrogen-bond acceptors (Lipinski definition) is 3. The minimum absolute atomic E-state index is 0.0960. The fourth-order valence-corrected chi connectivity index (χ4v) is 2.55. The average molecular weight is 292 g/mol. The molecule has 3 aromatic rings. The van der Waals surface area contributed by atoms with Gasteiger partial charge in [0.25, 0.3) is 0 Å². The van der Waals surface area contributed by atoms with Crippen molar-refractivity contribution in [2.45, 2.75) is 20.8 Å². The number of benzene rings is 2. The molecule has 2 aromatic carbocycles. The fraction of sp³-hybridized carbons (Fsp3) is 0.158. The molecule has 0 atom stereocenters. The summed E-state index contributed by atoms with van der Waals surface area (Å²) in [5.74, 6) is -0.280. The first-order chi connectivity index (χ1) is 10.5. The number of carbonyl (C=O) groups excluding carboxylic acids is 1. The third kappa shape index (κ3) is 2.46. The van der Waals surface area contributed by atoms with Crippen molar-refractivity contribution in [2.24, 2.45) is 0 Å². The van der Waals surface area contributed by atoms with Gasteiger partial charge in [-0.25, -0.2) is 4.79 Å². The molecule has 0 aliphatic rings. The highest BCUT2D eigenvalue weighted by Crippen LogP contribution is 2.27. The van der Waals surface area contributed by atoms with E-state index in [0.717, 1.165) is 22.1 Å². The molecule has 0 N–H and O–H groups in total. The van der Waals surface area contributed by atoms with Crippen LogP contribution in [0.4, 0.5) is 0 Å². The van der Waals surface area contributed by atoms with E-state index in [0.29, 0.717) is 5.58 Å². The quantitative estimate of drug-likeness (QED) is 0.523. The van der Waals surface area contributed by atoms with Gasteiger partial charge in [0.2, 0.25) is 0 Å². The maximum Gasteiger partial charge on any atom is 0.347 e. The van der Waals surface area contributed by atoms with E-state index >= 15 is 0 Å². The molecule has 1 heterocycles. The molecule has 0 aliphatic carbocycles. The molecule has 22 heavy (non-hydrogen) atoms. The van der Waals surface area contributed by atoms with E-state index in [4.69, 9.17) is 4.42 Å². The Kier molecular flexibility index (Phi) is 3.41. The number of carbonyl (C=O) groups is 1. The van der Waals surface area contributed by atoms with Gasteiger partial charge in [-0.2, -0.15) is 0 Å². The van der Waals surface area contributed by atoms with Crippen LogP contribution in [0.25, 0.3) is 22.1 Å². The normalized spacial score (nSPS) is 10.9. The average Bonchev–Trinajstić information content (AvgIpc) is 2.46. The topological polar surface area (TPSA) is 47.3 Å². The highest BCUT2D eigenvalue weighted by atomic mass is 16.4. The molecule has 0 bridgehead atoms. The van der Waals surface area contributed by atoms with Gasteiger partial charge in [0.15, 0.2) is 5.78 Å². The van der Waals surface area contributed by atoms with Crippen LogP contribution in [-0.4, -0.2) is 5.78 Å². The molecule has 0 saturated heterocycles. The summed E-state index contributed by atoms with van der Waals surface area (Å²) in [4.78, 5) is 23.4. The Balaban J connectivity index is 2.25. The molecule has 1 aromatic heterocycles. The van der Waals surface area contributed by atoms with Gasteiger partial charge in [-0.05, 0) is 49.6 Å². The molecule has 0 saturated carbocycles. The van der Waals surface area contributed by atoms with E-state index in [1.807, 2.05) is 50.2 Å². The predicted octanol–water partition coefficient (Wildman–Crippen LogP) is 4.28. The van der Waals surface area contributed by atoms with Crippen molar-refractivity contribution in [2.75, 3.05) is 0 Å². The van der Waals surface area contributed by atoms with E-state index in [9.17, 15) is 9.59 Å². The van der Waals surface area contributed by atoms with Gasteiger partial charge in [0, 0.05) is 5.39 Å². The summed E-state index contributed by atoms with van der Waals surface area (Å²) in [7, 11) is 0. The Morgan fingerprint density at radius 2 is 1.64 bits per heavy atom. The van der Waals surface area contributed by atoms with Crippen molar-refractivity contribution in [3.8, 4) is 11.1 Å². The summed E-state index contributed by atoms with van der Waals surface area (Å²) in [5.41, 5.74) is 4.24. The molecule has 3 heteroatoms. The van der Waals surface area contributed by atoms with Crippen molar-refractivity contribution in [3.05, 3.63) is 69.6 Å². The van der Waals surface area contributed by atoms with Crippen molar-refractivity contribution < 1.29 is 9.21 Å². The maximum absolute atomic E-state index is 11.9. The van der Waals surface area contributed by atoms with Crippen molar-refractivity contribution in [1.82, 2.24) is 0 Å². The number of hydrogen-bond donors (Lipinski definition) is 0. The summed E-state index contributed by atoms with van der Waals surface area (Å²) >= 11 is 0. The number of aryl methyl sites for hydroxylation is 2. The molecule has 0 fully saturated rings. The van der Waals surface area contributed by atoms with Gasteiger partial charge in [0.05, 0.1) is 0 Å². The third-order valence-electron chi connectivity index (χ3n) is 3.82. The number of fused-ring (bicyclic) bond motifs is 1. The van der Waals surface area contributed by atoms with Crippen LogP contribution >= 0.6 is 0 Å². The SMILES string of the molecule is CC(=O)c1cc2c(C)cc(-c3ccc(C)cc3)cc2oc1=O. The molecule has 0 amide bonds. The van der Waals surface area contributed by atoms with Crippen LogP contribution in [0.3, 0.4) is 0 Å². The molecule has 0 spiro atoms. The van der Waals surface area contributed by atoms with E-state index in [-0.39, 0.29) is 11.3 Å². The Labute approximate surface area is 128 Å². The summed E-state index contributed by atoms with van der Waals surface area (Å²) < 4.78 is 5.34. The van der Waals surface area contributed by atoms with E-state index in [1.54, 1.807) is 6.07 Å². The minimum Gasteiger partial charge on any atom is -0.422 e. The second kappa shape index (κ2) is 5.26. The van der Waals surface area contributed by atoms with Crippen LogP contribution < -0.4 is 5.63 Å². The summed E-state index contributed by atoms with van der Waals surface area (Å²) in [6, 6.07) is 13.7. The molecule has 3 nitrogen and oxygen atoms in total. The van der Waals surface area contributed by atoms with Gasteiger partial charge in [-0.3, -0.25) is 4.79 Å². The number of rotatable bonds is 2. The zero-order chi connectivity index (χ0) is 15.9. The second-order valence-corrected chi connectivity index (χ2v) is 5.57. The first-order valence-electron chi connectivity index (χ1n) is 7.12. The second-order valence-electron chi connectivity index (χ2n) is 5.57. The number of Topliss-reactive ketones (excluding diaryl/α,β-unsaturated/α-hetero) is 1. The largest absolute Gasteiger partial charge is 0.422 e. The fourth-order valence-electron chi connectivity index (χ4n) is 2.55. The molecule has 110 valence electrons. The van der Waals surface area contributed by atoms with Crippen LogP contribution in [0, 0.1) is 13.8 Å². The molecular formula is C19H16O3. The third-order valence-corrected chi connectivity index (χ3v) is 3.82. The van der Waals surface area contributed by atoms with Gasteiger partial charge in [-0.1, -0.05) is 35.9 Å². The molecular weight excluding hydrogens is 276 g/mol. The van der Waals surface area contributed by atoms with Crippen molar-refractivity contribution in [1.29, 1.82) is 0 Å². The van der Waals surface area contributed by atoms with Crippen molar-refractivity contribution >= 4 is 16.8 Å². The van der Waals surface area contributed by atoms with Crippen LogP contribution in [0.2, 0.25) is 0 Å². The maximum atomic E-state index is 11.9. The van der Waals surface area contributed by atoms with Crippen LogP contribution in [-0.2, 0) is 0 Å². The Morgan fingerprint density at radius 1 is 0.955 bits per heavy atom. The Hall–Kier alpha value is -2.68. The highest BCUT2D eigenvalue weighted by Gasteiger charge is 2.12. The van der Waals surface area contributed by atoms with Gasteiger partial charge >= 0.3 is 5.63 Å². The standard InChI is InChI=1S/C19H16O3/c1-11-4-6-14(7-5-11)15-8-12(2)16-10-17(13(3)20)19(21)22-18(16)9-15/h4-10H,1-3H3. The molecule has 0 radical (unpaired) electrons. The number of ketones is 1. The van der Waals surface area contributed by atoms with Crippen LogP contribution in [0.15, 0.2) is 51.7 Å². The monoisotopic (exact) mass is 292 g/mol. The smallest absolute Gasteiger partial charge is 0.347 e. The Morgan fingerprint density at radius 3 is 2.27 bits per heavy atom. The lowest BCUT2D eigenvalue weighted by atomic mass is 9.99. The van der Waals surface area contributed by atoms with E-state index in [2.05, 4.69) is 0 Å². The highest BCUT2D eigenvalue weighted by molar-refractivity contribution is 5.97. The molecule has 0 aliphatic heterocycles.